The van der Waals surface area contributed by atoms with Gasteiger partial charge in [0, 0.05) is 31.5 Å². The molecule has 7 heteroatoms. The number of halogens is 1. The minimum atomic E-state index is 0.210. The number of nitrogens with zero attached hydrogens (tertiary/aromatic N) is 3. The number of hydrogen-bond acceptors (Lipinski definition) is 6. The topological polar surface area (TPSA) is 47.5 Å². The SMILES string of the molecule is COc1ccc(OC2CCN(c3nc(SC)nc(Cl)c3C)CC2)cc1. The first-order chi connectivity index (χ1) is 12.1. The molecule has 1 aliphatic heterocycles. The second-order valence-electron chi connectivity index (χ2n) is 5.93. The monoisotopic (exact) mass is 379 g/mol. The van der Waals surface area contributed by atoms with E-state index in [1.807, 2.05) is 37.4 Å². The largest absolute Gasteiger partial charge is 0.497 e. The lowest BCUT2D eigenvalue weighted by atomic mass is 10.1. The molecule has 25 heavy (non-hydrogen) atoms. The Bertz CT molecular complexity index is 719. The molecule has 0 spiro atoms. The Labute approximate surface area is 157 Å². The maximum atomic E-state index is 6.25. The van der Waals surface area contributed by atoms with Crippen LogP contribution in [0.25, 0.3) is 0 Å². The van der Waals surface area contributed by atoms with E-state index in [2.05, 4.69) is 14.9 Å². The van der Waals surface area contributed by atoms with Gasteiger partial charge in [-0.1, -0.05) is 23.4 Å². The Morgan fingerprint density at radius 2 is 1.76 bits per heavy atom. The van der Waals surface area contributed by atoms with Gasteiger partial charge in [-0.15, -0.1) is 0 Å². The van der Waals surface area contributed by atoms with Gasteiger partial charge in [-0.2, -0.15) is 0 Å². The van der Waals surface area contributed by atoms with Crippen LogP contribution < -0.4 is 14.4 Å². The van der Waals surface area contributed by atoms with Gasteiger partial charge in [-0.05, 0) is 37.4 Å². The van der Waals surface area contributed by atoms with Crippen LogP contribution in [0.1, 0.15) is 18.4 Å². The second kappa shape index (κ2) is 8.15. The van der Waals surface area contributed by atoms with Crippen molar-refractivity contribution < 1.29 is 9.47 Å². The normalized spacial score (nSPS) is 15.3. The van der Waals surface area contributed by atoms with Crippen molar-refractivity contribution in [2.45, 2.75) is 31.0 Å². The minimum absolute atomic E-state index is 0.210. The van der Waals surface area contributed by atoms with E-state index in [0.717, 1.165) is 48.8 Å². The Balaban J connectivity index is 1.62. The molecule has 0 unspecified atom stereocenters. The maximum absolute atomic E-state index is 6.25. The summed E-state index contributed by atoms with van der Waals surface area (Å²) >= 11 is 7.76. The number of benzene rings is 1. The van der Waals surface area contributed by atoms with Crippen molar-refractivity contribution in [2.75, 3.05) is 31.4 Å². The predicted octanol–water partition coefficient (Wildman–Crippen LogP) is 4.22. The third-order valence-corrected chi connectivity index (χ3v) is 5.24. The molecule has 0 amide bonds. The van der Waals surface area contributed by atoms with Crippen molar-refractivity contribution >= 4 is 29.2 Å². The molecule has 1 aliphatic rings. The van der Waals surface area contributed by atoms with Crippen LogP contribution >= 0.6 is 23.4 Å². The van der Waals surface area contributed by atoms with E-state index in [1.165, 1.54) is 11.8 Å². The Morgan fingerprint density at radius 3 is 2.36 bits per heavy atom. The van der Waals surface area contributed by atoms with Gasteiger partial charge in [0.15, 0.2) is 5.16 Å². The standard InChI is InChI=1S/C18H22ClN3O2S/c1-12-16(19)20-18(25-3)21-17(12)22-10-8-15(9-11-22)24-14-6-4-13(23-2)5-7-14/h4-7,15H,8-11H2,1-3H3. The number of aromatic nitrogens is 2. The molecular formula is C18H22ClN3O2S. The average Bonchev–Trinajstić information content (AvgIpc) is 2.65. The van der Waals surface area contributed by atoms with Crippen LogP contribution in [0.5, 0.6) is 11.5 Å². The van der Waals surface area contributed by atoms with E-state index in [9.17, 15) is 0 Å². The summed E-state index contributed by atoms with van der Waals surface area (Å²) in [6.07, 6.45) is 4.06. The zero-order valence-electron chi connectivity index (χ0n) is 14.7. The van der Waals surface area contributed by atoms with Crippen LogP contribution in [0.4, 0.5) is 5.82 Å². The highest BCUT2D eigenvalue weighted by Crippen LogP contribution is 2.29. The highest BCUT2D eigenvalue weighted by molar-refractivity contribution is 7.98. The van der Waals surface area contributed by atoms with Gasteiger partial charge < -0.3 is 14.4 Å². The zero-order valence-corrected chi connectivity index (χ0v) is 16.2. The Kier molecular flexibility index (Phi) is 5.91. The van der Waals surface area contributed by atoms with Gasteiger partial charge in [-0.3, -0.25) is 0 Å². The molecule has 0 atom stereocenters. The lowest BCUT2D eigenvalue weighted by Gasteiger charge is -2.33. The number of rotatable bonds is 5. The molecule has 5 nitrogen and oxygen atoms in total. The van der Waals surface area contributed by atoms with Crippen molar-refractivity contribution in [2.24, 2.45) is 0 Å². The minimum Gasteiger partial charge on any atom is -0.497 e. The average molecular weight is 380 g/mol. The third-order valence-electron chi connectivity index (χ3n) is 4.33. The number of hydrogen-bond donors (Lipinski definition) is 0. The molecule has 0 saturated carbocycles. The summed E-state index contributed by atoms with van der Waals surface area (Å²) in [4.78, 5) is 11.2. The van der Waals surface area contributed by atoms with Crippen LogP contribution in [0, 0.1) is 6.92 Å². The fraction of sp³-hybridized carbons (Fsp3) is 0.444. The van der Waals surface area contributed by atoms with Crippen LogP contribution in [0.2, 0.25) is 5.15 Å². The molecule has 0 N–H and O–H groups in total. The van der Waals surface area contributed by atoms with E-state index >= 15 is 0 Å². The zero-order chi connectivity index (χ0) is 17.8. The van der Waals surface area contributed by atoms with Gasteiger partial charge in [0.05, 0.1) is 7.11 Å². The van der Waals surface area contributed by atoms with Crippen LogP contribution in [0.3, 0.4) is 0 Å². The predicted molar refractivity (Wildman–Crippen MR) is 102 cm³/mol. The smallest absolute Gasteiger partial charge is 0.190 e. The first-order valence-corrected chi connectivity index (χ1v) is 9.84. The molecule has 134 valence electrons. The van der Waals surface area contributed by atoms with Gasteiger partial charge in [-0.25, -0.2) is 9.97 Å². The lowest BCUT2D eigenvalue weighted by molar-refractivity contribution is 0.170. The van der Waals surface area contributed by atoms with E-state index in [0.29, 0.717) is 10.3 Å². The van der Waals surface area contributed by atoms with E-state index in [1.54, 1.807) is 7.11 Å². The molecule has 1 saturated heterocycles. The Hall–Kier alpha value is -1.66. The molecule has 2 aromatic rings. The Morgan fingerprint density at radius 1 is 1.12 bits per heavy atom. The molecule has 3 rings (SSSR count). The summed E-state index contributed by atoms with van der Waals surface area (Å²) in [6.45, 7) is 3.76. The molecule has 1 aromatic carbocycles. The third kappa shape index (κ3) is 4.30. The molecule has 0 aliphatic carbocycles. The second-order valence-corrected chi connectivity index (χ2v) is 7.06. The number of ether oxygens (including phenoxy) is 2. The first-order valence-electron chi connectivity index (χ1n) is 8.24. The van der Waals surface area contributed by atoms with E-state index in [-0.39, 0.29) is 6.10 Å². The maximum Gasteiger partial charge on any atom is 0.190 e. The van der Waals surface area contributed by atoms with Crippen molar-refractivity contribution in [3.63, 3.8) is 0 Å². The summed E-state index contributed by atoms with van der Waals surface area (Å²) in [5.74, 6) is 2.65. The number of anilines is 1. The van der Waals surface area contributed by atoms with Crippen molar-refractivity contribution in [3.8, 4) is 11.5 Å². The number of methoxy groups -OCH3 is 1. The summed E-state index contributed by atoms with van der Waals surface area (Å²) < 4.78 is 11.3. The van der Waals surface area contributed by atoms with Crippen LogP contribution in [-0.2, 0) is 0 Å². The number of thioether (sulfide) groups is 1. The summed E-state index contributed by atoms with van der Waals surface area (Å²) in [6, 6.07) is 7.73. The van der Waals surface area contributed by atoms with Crippen molar-refractivity contribution in [3.05, 3.63) is 35.0 Å². The van der Waals surface area contributed by atoms with Crippen molar-refractivity contribution in [1.82, 2.24) is 9.97 Å². The molecule has 1 aromatic heterocycles. The summed E-state index contributed by atoms with van der Waals surface area (Å²) in [7, 11) is 1.66. The van der Waals surface area contributed by atoms with Gasteiger partial charge in [0.2, 0.25) is 0 Å². The van der Waals surface area contributed by atoms with E-state index < -0.39 is 0 Å². The molecule has 0 bridgehead atoms. The fourth-order valence-corrected chi connectivity index (χ4v) is 3.47. The quantitative estimate of drug-likeness (QED) is 0.440. The summed E-state index contributed by atoms with van der Waals surface area (Å²) in [5.41, 5.74) is 0.939. The first kappa shape index (κ1) is 18.1. The number of piperidine rings is 1. The van der Waals surface area contributed by atoms with Crippen LogP contribution in [-0.4, -0.2) is 42.5 Å². The molecule has 0 radical (unpaired) electrons. The summed E-state index contributed by atoms with van der Waals surface area (Å²) in [5, 5.41) is 1.24. The van der Waals surface area contributed by atoms with Gasteiger partial charge in [0.25, 0.3) is 0 Å². The highest BCUT2D eigenvalue weighted by atomic mass is 35.5. The van der Waals surface area contributed by atoms with Crippen LogP contribution in [0.15, 0.2) is 29.4 Å². The molecule has 2 heterocycles. The highest BCUT2D eigenvalue weighted by Gasteiger charge is 2.24. The fourth-order valence-electron chi connectivity index (χ4n) is 2.89. The van der Waals surface area contributed by atoms with Gasteiger partial charge in [0.1, 0.15) is 28.6 Å². The van der Waals surface area contributed by atoms with Crippen molar-refractivity contribution in [1.29, 1.82) is 0 Å². The van der Waals surface area contributed by atoms with Gasteiger partial charge >= 0.3 is 0 Å². The molecule has 1 fully saturated rings. The van der Waals surface area contributed by atoms with E-state index in [4.69, 9.17) is 21.1 Å². The lowest BCUT2D eigenvalue weighted by Crippen LogP contribution is -2.39. The molecular weight excluding hydrogens is 358 g/mol.